The van der Waals surface area contributed by atoms with E-state index in [-0.39, 0.29) is 6.04 Å². The maximum absolute atomic E-state index is 7.35. The molecule has 6 aromatic carbocycles. The summed E-state index contributed by atoms with van der Waals surface area (Å²) in [5.74, 6) is 2.17. The summed E-state index contributed by atoms with van der Waals surface area (Å²) in [6, 6.07) is 47.7. The van der Waals surface area contributed by atoms with Crippen molar-refractivity contribution in [3.05, 3.63) is 139 Å². The first kappa shape index (κ1) is 27.7. The Morgan fingerprint density at radius 3 is 1.64 bits per heavy atom. The predicted octanol–water partition coefficient (Wildman–Crippen LogP) is 11.1. The van der Waals surface area contributed by atoms with Crippen molar-refractivity contribution in [2.24, 2.45) is 5.92 Å². The third kappa shape index (κ3) is 4.87. The molecule has 5 heteroatoms. The van der Waals surface area contributed by atoms with Crippen LogP contribution in [-0.4, -0.2) is 15.1 Å². The molecular weight excluding hydrogens is 624 g/mol. The summed E-state index contributed by atoms with van der Waals surface area (Å²) in [5.41, 5.74) is 4.58. The normalized spacial score (nSPS) is 16.6. The van der Waals surface area contributed by atoms with Crippen molar-refractivity contribution in [2.75, 3.05) is 4.67 Å². The van der Waals surface area contributed by atoms with E-state index in [0.717, 1.165) is 39.1 Å². The summed E-state index contributed by atoms with van der Waals surface area (Å²) in [4.78, 5) is 0. The Balaban J connectivity index is 1.41. The Morgan fingerprint density at radius 2 is 1.07 bits per heavy atom. The minimum absolute atomic E-state index is 0.0828. The van der Waals surface area contributed by atoms with Crippen LogP contribution in [0.15, 0.2) is 133 Å². The molecule has 1 fully saturated rings. The van der Waals surface area contributed by atoms with Crippen LogP contribution in [0, 0.1) is 5.92 Å². The number of hydrogen-bond acceptors (Lipinski definition) is 3. The minimum atomic E-state index is -2.94. The molecule has 8 rings (SSSR count). The van der Waals surface area contributed by atoms with E-state index in [1.807, 2.05) is 0 Å². The van der Waals surface area contributed by atoms with Crippen molar-refractivity contribution >= 4 is 48.4 Å². The standard InChI is InChI=1S/C39H34NO2PSe/c44-43(40(32-20-8-3-9-21-32)39(30-16-4-1-5-17-30)31-18-6-2-7-19-31)41-35-26-24-28-14-10-12-22-33(28)37(35)38-34-23-13-11-15-29(34)25-27-36(38)42-43/h1,3-5,8-17,20-27,31,39H,2,6-7,18-19H2/t39-/m0/s1. The first-order chi connectivity index (χ1) is 21.7. The number of fused-ring (bicyclic) bond motifs is 7. The summed E-state index contributed by atoms with van der Waals surface area (Å²) < 4.78 is 17.2. The van der Waals surface area contributed by atoms with Gasteiger partial charge in [-0.2, -0.15) is 0 Å². The van der Waals surface area contributed by atoms with E-state index in [2.05, 4.69) is 153 Å². The van der Waals surface area contributed by atoms with Crippen molar-refractivity contribution in [3.63, 3.8) is 0 Å². The van der Waals surface area contributed by atoms with Crippen LogP contribution in [-0.2, 0) is 0 Å². The van der Waals surface area contributed by atoms with Gasteiger partial charge in [-0.05, 0) is 0 Å². The number of benzene rings is 6. The van der Waals surface area contributed by atoms with Gasteiger partial charge < -0.3 is 0 Å². The van der Waals surface area contributed by atoms with Crippen LogP contribution in [0.25, 0.3) is 32.7 Å². The molecular formula is C39H34NO2PSe. The van der Waals surface area contributed by atoms with E-state index in [9.17, 15) is 0 Å². The van der Waals surface area contributed by atoms with Crippen molar-refractivity contribution in [1.29, 1.82) is 0 Å². The monoisotopic (exact) mass is 659 g/mol. The average molecular weight is 659 g/mol. The maximum atomic E-state index is 7.35. The molecule has 3 nitrogen and oxygen atoms in total. The molecule has 0 radical (unpaired) electrons. The molecule has 6 aromatic rings. The Kier molecular flexibility index (Phi) is 7.31. The third-order valence-electron chi connectivity index (χ3n) is 9.24. The molecule has 1 aliphatic carbocycles. The molecule has 0 unspecified atom stereocenters. The van der Waals surface area contributed by atoms with Crippen molar-refractivity contribution < 1.29 is 9.05 Å². The van der Waals surface area contributed by atoms with E-state index < -0.39 is 6.11 Å². The Labute approximate surface area is 266 Å². The third-order valence-corrected chi connectivity index (χ3v) is 13.2. The number of nitrogens with zero attached hydrogens (tertiary/aromatic N) is 1. The van der Waals surface area contributed by atoms with Crippen LogP contribution >= 0.6 is 6.11 Å². The van der Waals surface area contributed by atoms with Gasteiger partial charge >= 0.3 is 268 Å². The van der Waals surface area contributed by atoms with Crippen molar-refractivity contribution in [3.8, 4) is 22.6 Å². The number of hydrogen-bond donors (Lipinski definition) is 0. The Hall–Kier alpha value is -3.81. The molecule has 218 valence electrons. The second-order valence-electron chi connectivity index (χ2n) is 11.9. The van der Waals surface area contributed by atoms with Gasteiger partial charge in [0.05, 0.1) is 0 Å². The summed E-state index contributed by atoms with van der Waals surface area (Å²) in [6.45, 7) is 0. The van der Waals surface area contributed by atoms with Crippen molar-refractivity contribution in [2.45, 2.75) is 38.1 Å². The summed E-state index contributed by atoms with van der Waals surface area (Å²) >= 11 is 3.59. The Morgan fingerprint density at radius 1 is 0.568 bits per heavy atom. The van der Waals surface area contributed by atoms with Crippen LogP contribution in [0.1, 0.15) is 43.7 Å². The first-order valence-electron chi connectivity index (χ1n) is 15.6. The van der Waals surface area contributed by atoms with Crippen LogP contribution < -0.4 is 13.7 Å². The zero-order valence-electron chi connectivity index (χ0n) is 24.5. The SMILES string of the molecule is [Se]=P1(N(c2ccccc2)[C@@H](c2ccccc2)C2CCCCC2)Oc2ccc3ccccc3c2-c2c(ccc3ccccc23)O1. The number of anilines is 1. The van der Waals surface area contributed by atoms with Gasteiger partial charge in [-0.25, -0.2) is 0 Å². The fourth-order valence-corrected chi connectivity index (χ4v) is 11.6. The van der Waals surface area contributed by atoms with Gasteiger partial charge in [0.2, 0.25) is 0 Å². The summed E-state index contributed by atoms with van der Waals surface area (Å²) in [6.07, 6.45) is 3.24. The molecule has 0 saturated heterocycles. The average Bonchev–Trinajstić information content (AvgIpc) is 3.22. The predicted molar refractivity (Wildman–Crippen MR) is 185 cm³/mol. The fraction of sp³-hybridized carbons (Fsp3) is 0.179. The van der Waals surface area contributed by atoms with Gasteiger partial charge in [-0.15, -0.1) is 0 Å². The number of rotatable bonds is 5. The van der Waals surface area contributed by atoms with Gasteiger partial charge in [0, 0.05) is 0 Å². The quantitative estimate of drug-likeness (QED) is 0.136. The topological polar surface area (TPSA) is 21.7 Å². The number of para-hydroxylation sites is 1. The fourth-order valence-electron chi connectivity index (χ4n) is 7.27. The van der Waals surface area contributed by atoms with E-state index in [0.29, 0.717) is 5.92 Å². The van der Waals surface area contributed by atoms with E-state index in [1.165, 1.54) is 48.4 Å². The van der Waals surface area contributed by atoms with E-state index in [1.54, 1.807) is 0 Å². The Bertz CT molecular complexity index is 1910. The molecule has 2 aliphatic rings. The van der Waals surface area contributed by atoms with Crippen molar-refractivity contribution in [1.82, 2.24) is 0 Å². The zero-order valence-corrected chi connectivity index (χ0v) is 27.1. The first-order valence-corrected chi connectivity index (χ1v) is 19.4. The molecule has 44 heavy (non-hydrogen) atoms. The van der Waals surface area contributed by atoms with Gasteiger partial charge in [-0.3, -0.25) is 0 Å². The van der Waals surface area contributed by atoms with Gasteiger partial charge in [0.25, 0.3) is 0 Å². The second kappa shape index (κ2) is 11.6. The molecule has 0 amide bonds. The van der Waals surface area contributed by atoms with Crippen LogP contribution in [0.5, 0.6) is 11.5 Å². The zero-order chi connectivity index (χ0) is 29.5. The molecule has 1 atom stereocenters. The van der Waals surface area contributed by atoms with Crippen LogP contribution in [0.4, 0.5) is 5.69 Å². The second-order valence-corrected chi connectivity index (χ2v) is 16.5. The van der Waals surface area contributed by atoms with Gasteiger partial charge in [0.1, 0.15) is 0 Å². The van der Waals surface area contributed by atoms with E-state index >= 15 is 0 Å². The molecule has 1 aliphatic heterocycles. The molecule has 0 N–H and O–H groups in total. The van der Waals surface area contributed by atoms with Gasteiger partial charge in [0.15, 0.2) is 0 Å². The van der Waals surface area contributed by atoms with E-state index in [4.69, 9.17) is 9.05 Å². The molecule has 1 heterocycles. The van der Waals surface area contributed by atoms with Crippen LogP contribution in [0.2, 0.25) is 0 Å². The van der Waals surface area contributed by atoms with Crippen LogP contribution in [0.3, 0.4) is 0 Å². The molecule has 0 bridgehead atoms. The summed E-state index contributed by atoms with van der Waals surface area (Å²) in [7, 11) is 0. The molecule has 0 spiro atoms. The molecule has 0 aromatic heterocycles. The summed E-state index contributed by atoms with van der Waals surface area (Å²) in [5, 5.41) is 4.70. The van der Waals surface area contributed by atoms with Gasteiger partial charge in [-0.1, -0.05) is 0 Å². The molecule has 1 saturated carbocycles.